The van der Waals surface area contributed by atoms with Crippen LogP contribution in [0.1, 0.15) is 20.8 Å². The van der Waals surface area contributed by atoms with Gasteiger partial charge in [0, 0.05) is 41.2 Å². The Labute approximate surface area is 106 Å². The van der Waals surface area contributed by atoms with E-state index in [1.54, 1.807) is 11.3 Å². The van der Waals surface area contributed by atoms with Gasteiger partial charge in [0.1, 0.15) is 0 Å². The van der Waals surface area contributed by atoms with Crippen molar-refractivity contribution < 1.29 is 4.79 Å². The van der Waals surface area contributed by atoms with Crippen LogP contribution in [0.2, 0.25) is 0 Å². The molecule has 17 heavy (non-hydrogen) atoms. The monoisotopic (exact) mass is 245 g/mol. The lowest BCUT2D eigenvalue weighted by atomic mass is 10.1. The molecule has 0 aliphatic heterocycles. The van der Waals surface area contributed by atoms with E-state index in [0.717, 1.165) is 16.8 Å². The largest absolute Gasteiger partial charge is 0.378 e. The lowest BCUT2D eigenvalue weighted by Gasteiger charge is -2.12. The van der Waals surface area contributed by atoms with Crippen LogP contribution in [0.25, 0.3) is 0 Å². The highest BCUT2D eigenvalue weighted by Crippen LogP contribution is 2.19. The number of hydrogen-bond acceptors (Lipinski definition) is 3. The smallest absolute Gasteiger partial charge is 0.193 e. The minimum absolute atomic E-state index is 0.0969. The molecule has 1 heterocycles. The normalized spacial score (nSPS) is 10.3. The van der Waals surface area contributed by atoms with Gasteiger partial charge < -0.3 is 4.90 Å². The second-order valence-electron chi connectivity index (χ2n) is 4.22. The molecule has 1 aromatic carbocycles. The van der Waals surface area contributed by atoms with E-state index in [4.69, 9.17) is 0 Å². The van der Waals surface area contributed by atoms with Gasteiger partial charge in [0.2, 0.25) is 0 Å². The second kappa shape index (κ2) is 4.72. The summed E-state index contributed by atoms with van der Waals surface area (Å²) in [4.78, 5) is 15.3. The first-order valence-electron chi connectivity index (χ1n) is 5.45. The van der Waals surface area contributed by atoms with Crippen molar-refractivity contribution in [2.75, 3.05) is 19.0 Å². The number of carbonyl (C=O) groups is 1. The first kappa shape index (κ1) is 11.9. The minimum Gasteiger partial charge on any atom is -0.378 e. The number of thiophene rings is 1. The molecule has 0 aliphatic carbocycles. The predicted molar refractivity (Wildman–Crippen MR) is 73.3 cm³/mol. The van der Waals surface area contributed by atoms with Crippen molar-refractivity contribution in [2.24, 2.45) is 0 Å². The van der Waals surface area contributed by atoms with Gasteiger partial charge in [-0.05, 0) is 37.3 Å². The Morgan fingerprint density at radius 2 is 1.76 bits per heavy atom. The van der Waals surface area contributed by atoms with Crippen LogP contribution < -0.4 is 4.90 Å². The average Bonchev–Trinajstić information content (AvgIpc) is 2.75. The van der Waals surface area contributed by atoms with Crippen molar-refractivity contribution in [1.29, 1.82) is 0 Å². The van der Waals surface area contributed by atoms with Crippen molar-refractivity contribution in [2.45, 2.75) is 6.92 Å². The molecule has 0 fully saturated rings. The Bertz CT molecular complexity index is 525. The van der Waals surface area contributed by atoms with E-state index in [0.29, 0.717) is 0 Å². The zero-order valence-corrected chi connectivity index (χ0v) is 11.0. The van der Waals surface area contributed by atoms with Crippen LogP contribution in [0.3, 0.4) is 0 Å². The summed E-state index contributed by atoms with van der Waals surface area (Å²) in [5.41, 5.74) is 2.63. The molecule has 1 aromatic heterocycles. The molecule has 0 amide bonds. The fraction of sp³-hybridized carbons (Fsp3) is 0.214. The van der Waals surface area contributed by atoms with Gasteiger partial charge in [-0.1, -0.05) is 0 Å². The summed E-state index contributed by atoms with van der Waals surface area (Å²) < 4.78 is 0. The summed E-state index contributed by atoms with van der Waals surface area (Å²) in [6.07, 6.45) is 0. The van der Waals surface area contributed by atoms with Gasteiger partial charge in [0.15, 0.2) is 5.78 Å². The van der Waals surface area contributed by atoms with Gasteiger partial charge in [-0.3, -0.25) is 4.79 Å². The summed E-state index contributed by atoms with van der Waals surface area (Å²) in [5.74, 6) is 0.0969. The third-order valence-electron chi connectivity index (χ3n) is 2.64. The van der Waals surface area contributed by atoms with Crippen molar-refractivity contribution in [3.63, 3.8) is 0 Å². The minimum atomic E-state index is 0.0969. The zero-order valence-electron chi connectivity index (χ0n) is 10.2. The third-order valence-corrected chi connectivity index (χ3v) is 3.50. The number of carbonyl (C=O) groups excluding carboxylic acids is 1. The number of benzene rings is 1. The number of anilines is 1. The third kappa shape index (κ3) is 2.56. The molecule has 0 spiro atoms. The Morgan fingerprint density at radius 1 is 1.12 bits per heavy atom. The number of rotatable bonds is 3. The first-order chi connectivity index (χ1) is 8.08. The molecular weight excluding hydrogens is 230 g/mol. The van der Waals surface area contributed by atoms with Crippen LogP contribution in [-0.4, -0.2) is 19.9 Å². The van der Waals surface area contributed by atoms with Crippen LogP contribution in [0.5, 0.6) is 0 Å². The van der Waals surface area contributed by atoms with E-state index in [9.17, 15) is 4.79 Å². The van der Waals surface area contributed by atoms with Crippen LogP contribution in [-0.2, 0) is 0 Å². The van der Waals surface area contributed by atoms with Crippen molar-refractivity contribution >= 4 is 22.8 Å². The van der Waals surface area contributed by atoms with Crippen LogP contribution in [0.4, 0.5) is 5.69 Å². The Hall–Kier alpha value is -1.61. The summed E-state index contributed by atoms with van der Waals surface area (Å²) in [5, 5.41) is 1.91. The van der Waals surface area contributed by atoms with Gasteiger partial charge >= 0.3 is 0 Å². The standard InChI is InChI=1S/C14H15NOS/c1-10-8-12(9-17-10)14(16)11-4-6-13(7-5-11)15(2)3/h4-9H,1-3H3. The van der Waals surface area contributed by atoms with Gasteiger partial charge in [0.25, 0.3) is 0 Å². The van der Waals surface area contributed by atoms with Gasteiger partial charge in [-0.15, -0.1) is 11.3 Å². The van der Waals surface area contributed by atoms with Crippen LogP contribution >= 0.6 is 11.3 Å². The molecule has 2 rings (SSSR count). The number of nitrogens with zero attached hydrogens (tertiary/aromatic N) is 1. The van der Waals surface area contributed by atoms with Crippen molar-refractivity contribution in [3.8, 4) is 0 Å². The molecule has 0 saturated carbocycles. The Morgan fingerprint density at radius 3 is 2.24 bits per heavy atom. The number of hydrogen-bond donors (Lipinski definition) is 0. The zero-order chi connectivity index (χ0) is 12.4. The number of ketones is 1. The fourth-order valence-electron chi connectivity index (χ4n) is 1.64. The van der Waals surface area contributed by atoms with Gasteiger partial charge in [0.05, 0.1) is 0 Å². The predicted octanol–water partition coefficient (Wildman–Crippen LogP) is 3.35. The van der Waals surface area contributed by atoms with E-state index in [-0.39, 0.29) is 5.78 Å². The Balaban J connectivity index is 2.26. The van der Waals surface area contributed by atoms with Crippen molar-refractivity contribution in [3.05, 3.63) is 51.7 Å². The molecule has 2 nitrogen and oxygen atoms in total. The molecule has 3 heteroatoms. The average molecular weight is 245 g/mol. The maximum Gasteiger partial charge on any atom is 0.193 e. The fourth-order valence-corrected chi connectivity index (χ4v) is 2.32. The molecule has 0 bridgehead atoms. The quantitative estimate of drug-likeness (QED) is 0.773. The van der Waals surface area contributed by atoms with Gasteiger partial charge in [-0.25, -0.2) is 0 Å². The molecule has 0 atom stereocenters. The topological polar surface area (TPSA) is 20.3 Å². The molecule has 2 aromatic rings. The second-order valence-corrected chi connectivity index (χ2v) is 5.33. The van der Waals surface area contributed by atoms with E-state index < -0.39 is 0 Å². The SMILES string of the molecule is Cc1cc(C(=O)c2ccc(N(C)C)cc2)cs1. The molecule has 0 N–H and O–H groups in total. The molecule has 0 aliphatic rings. The summed E-state index contributed by atoms with van der Waals surface area (Å²) in [6, 6.07) is 9.63. The molecule has 0 unspecified atom stereocenters. The highest BCUT2D eigenvalue weighted by Gasteiger charge is 2.10. The summed E-state index contributed by atoms with van der Waals surface area (Å²) in [6.45, 7) is 2.01. The van der Waals surface area contributed by atoms with E-state index in [1.165, 1.54) is 4.88 Å². The summed E-state index contributed by atoms with van der Waals surface area (Å²) >= 11 is 1.61. The Kier molecular flexibility index (Phi) is 3.29. The highest BCUT2D eigenvalue weighted by molar-refractivity contribution is 7.10. The highest BCUT2D eigenvalue weighted by atomic mass is 32.1. The van der Waals surface area contributed by atoms with E-state index in [2.05, 4.69) is 0 Å². The first-order valence-corrected chi connectivity index (χ1v) is 6.33. The molecule has 88 valence electrons. The lowest BCUT2D eigenvalue weighted by Crippen LogP contribution is -2.08. The van der Waals surface area contributed by atoms with Gasteiger partial charge in [-0.2, -0.15) is 0 Å². The lowest BCUT2D eigenvalue weighted by molar-refractivity contribution is 0.103. The van der Waals surface area contributed by atoms with Crippen LogP contribution in [0, 0.1) is 6.92 Å². The van der Waals surface area contributed by atoms with Crippen LogP contribution in [0.15, 0.2) is 35.7 Å². The maximum atomic E-state index is 12.1. The van der Waals surface area contributed by atoms with E-state index >= 15 is 0 Å². The molecule has 0 saturated heterocycles. The maximum absolute atomic E-state index is 12.1. The molecule has 0 radical (unpaired) electrons. The van der Waals surface area contributed by atoms with E-state index in [1.807, 2.05) is 61.6 Å². The molecular formula is C14H15NOS. The summed E-state index contributed by atoms with van der Waals surface area (Å²) in [7, 11) is 3.97. The van der Waals surface area contributed by atoms with Crippen molar-refractivity contribution in [1.82, 2.24) is 0 Å². The number of aryl methyl sites for hydroxylation is 1.